The van der Waals surface area contributed by atoms with E-state index in [1.54, 1.807) is 13.2 Å². The molecule has 0 unspecified atom stereocenters. The number of ether oxygens (including phenoxy) is 1. The number of hydrogen-bond acceptors (Lipinski definition) is 5. The largest absolute Gasteiger partial charge is 0.379 e. The van der Waals surface area contributed by atoms with Gasteiger partial charge < -0.3 is 15.4 Å². The first-order chi connectivity index (χ1) is 8.63. The van der Waals surface area contributed by atoms with E-state index >= 15 is 0 Å². The summed E-state index contributed by atoms with van der Waals surface area (Å²) >= 11 is 3.42. The number of rotatable bonds is 8. The van der Waals surface area contributed by atoms with Crippen LogP contribution < -0.4 is 10.6 Å². The van der Waals surface area contributed by atoms with E-state index in [0.29, 0.717) is 12.1 Å². The topological polar surface area (TPSA) is 59.1 Å². The monoisotopic (exact) mass is 316 g/mol. The molecule has 0 amide bonds. The second-order valence-electron chi connectivity index (χ2n) is 4.19. The van der Waals surface area contributed by atoms with Crippen molar-refractivity contribution < 1.29 is 4.74 Å². The third-order valence-electron chi connectivity index (χ3n) is 2.28. The van der Waals surface area contributed by atoms with Gasteiger partial charge in [0.05, 0.1) is 10.6 Å². The Morgan fingerprint density at radius 3 is 2.83 bits per heavy atom. The summed E-state index contributed by atoms with van der Waals surface area (Å²) in [6.07, 6.45) is 4.15. The van der Waals surface area contributed by atoms with Crippen LogP contribution in [0.25, 0.3) is 0 Å². The maximum atomic E-state index is 5.48. The summed E-state index contributed by atoms with van der Waals surface area (Å²) < 4.78 is 6.36. The maximum absolute atomic E-state index is 5.48. The normalized spacial score (nSPS) is 10.7. The second-order valence-corrected chi connectivity index (χ2v) is 5.05. The van der Waals surface area contributed by atoms with Crippen LogP contribution >= 0.6 is 15.9 Å². The van der Waals surface area contributed by atoms with Crippen LogP contribution in [-0.4, -0.2) is 36.3 Å². The first kappa shape index (κ1) is 15.2. The first-order valence-corrected chi connectivity index (χ1v) is 6.98. The van der Waals surface area contributed by atoms with Gasteiger partial charge in [0, 0.05) is 26.4 Å². The Morgan fingerprint density at radius 1 is 1.39 bits per heavy atom. The van der Waals surface area contributed by atoms with Crippen molar-refractivity contribution in [2.24, 2.45) is 0 Å². The second kappa shape index (κ2) is 8.26. The van der Waals surface area contributed by atoms with Gasteiger partial charge in [-0.05, 0) is 42.6 Å². The number of anilines is 2. The fourth-order valence-electron chi connectivity index (χ4n) is 1.36. The molecule has 0 bridgehead atoms. The molecule has 0 fully saturated rings. The Labute approximate surface area is 117 Å². The lowest BCUT2D eigenvalue weighted by Crippen LogP contribution is -2.09. The van der Waals surface area contributed by atoms with E-state index in [9.17, 15) is 0 Å². The van der Waals surface area contributed by atoms with Gasteiger partial charge in [0.1, 0.15) is 5.82 Å². The van der Waals surface area contributed by atoms with Crippen LogP contribution in [0.3, 0.4) is 0 Å². The van der Waals surface area contributed by atoms with Crippen LogP contribution in [0, 0.1) is 0 Å². The zero-order valence-electron chi connectivity index (χ0n) is 11.2. The molecule has 0 saturated carbocycles. The van der Waals surface area contributed by atoms with Gasteiger partial charge in [-0.3, -0.25) is 0 Å². The Hall–Kier alpha value is -0.880. The van der Waals surface area contributed by atoms with Gasteiger partial charge in [0.25, 0.3) is 0 Å². The molecule has 6 heteroatoms. The maximum Gasteiger partial charge on any atom is 0.224 e. The van der Waals surface area contributed by atoms with E-state index in [4.69, 9.17) is 4.74 Å². The molecule has 1 rings (SSSR count). The van der Waals surface area contributed by atoms with Crippen LogP contribution in [0.5, 0.6) is 0 Å². The molecule has 5 nitrogen and oxygen atoms in total. The van der Waals surface area contributed by atoms with Gasteiger partial charge >= 0.3 is 0 Å². The number of nitrogens with zero attached hydrogens (tertiary/aromatic N) is 2. The van der Waals surface area contributed by atoms with E-state index in [2.05, 4.69) is 50.4 Å². The number of hydrogen-bond donors (Lipinski definition) is 2. The zero-order chi connectivity index (χ0) is 13.4. The number of aromatic nitrogens is 2. The van der Waals surface area contributed by atoms with E-state index in [-0.39, 0.29) is 0 Å². The van der Waals surface area contributed by atoms with Crippen molar-refractivity contribution in [3.63, 3.8) is 0 Å². The fraction of sp³-hybridized carbons (Fsp3) is 0.667. The smallest absolute Gasteiger partial charge is 0.224 e. The number of halogens is 1. The molecule has 0 aromatic carbocycles. The lowest BCUT2D eigenvalue weighted by Gasteiger charge is -2.09. The van der Waals surface area contributed by atoms with Gasteiger partial charge in [-0.1, -0.05) is 0 Å². The highest BCUT2D eigenvalue weighted by Crippen LogP contribution is 2.19. The molecule has 2 N–H and O–H groups in total. The van der Waals surface area contributed by atoms with Gasteiger partial charge in [-0.15, -0.1) is 0 Å². The van der Waals surface area contributed by atoms with Crippen LogP contribution in [0.1, 0.15) is 26.7 Å². The molecule has 18 heavy (non-hydrogen) atoms. The molecule has 0 spiro atoms. The fourth-order valence-corrected chi connectivity index (χ4v) is 1.70. The SMILES string of the molecule is CNc1ncc(Br)c(NCCCCOC(C)C)n1. The van der Waals surface area contributed by atoms with Crippen molar-refractivity contribution in [2.75, 3.05) is 30.8 Å². The van der Waals surface area contributed by atoms with Crippen LogP contribution in [0.2, 0.25) is 0 Å². The minimum atomic E-state index is 0.312. The van der Waals surface area contributed by atoms with Crippen LogP contribution in [0.4, 0.5) is 11.8 Å². The highest BCUT2D eigenvalue weighted by molar-refractivity contribution is 9.10. The minimum Gasteiger partial charge on any atom is -0.379 e. The van der Waals surface area contributed by atoms with Crippen molar-refractivity contribution in [1.29, 1.82) is 0 Å². The van der Waals surface area contributed by atoms with E-state index in [1.807, 2.05) is 0 Å². The van der Waals surface area contributed by atoms with Gasteiger partial charge in [0.15, 0.2) is 0 Å². The number of unbranched alkanes of at least 4 members (excludes halogenated alkanes) is 1. The lowest BCUT2D eigenvalue weighted by molar-refractivity contribution is 0.0765. The van der Waals surface area contributed by atoms with Crippen LogP contribution in [0.15, 0.2) is 10.7 Å². The van der Waals surface area contributed by atoms with E-state index in [0.717, 1.165) is 36.3 Å². The van der Waals surface area contributed by atoms with Crippen molar-refractivity contribution in [3.05, 3.63) is 10.7 Å². The molecule has 0 aliphatic heterocycles. The predicted octanol–water partition coefficient (Wildman–Crippen LogP) is 2.90. The standard InChI is InChI=1S/C12H21BrN4O/c1-9(2)18-7-5-4-6-15-11-10(13)8-16-12(14-3)17-11/h8-9H,4-7H2,1-3H3,(H2,14,15,16,17). The molecule has 0 aliphatic rings. The van der Waals surface area contributed by atoms with Crippen molar-refractivity contribution in [1.82, 2.24) is 9.97 Å². The van der Waals surface area contributed by atoms with Crippen LogP contribution in [-0.2, 0) is 4.74 Å². The zero-order valence-corrected chi connectivity index (χ0v) is 12.7. The number of nitrogens with one attached hydrogen (secondary N) is 2. The molecule has 0 aliphatic carbocycles. The summed E-state index contributed by atoms with van der Waals surface area (Å²) in [6.45, 7) is 5.79. The molecule has 0 saturated heterocycles. The first-order valence-electron chi connectivity index (χ1n) is 6.19. The highest BCUT2D eigenvalue weighted by atomic mass is 79.9. The van der Waals surface area contributed by atoms with Gasteiger partial charge in [-0.2, -0.15) is 4.98 Å². The van der Waals surface area contributed by atoms with Crippen molar-refractivity contribution >= 4 is 27.7 Å². The van der Waals surface area contributed by atoms with Crippen molar-refractivity contribution in [2.45, 2.75) is 32.8 Å². The molecule has 0 radical (unpaired) electrons. The predicted molar refractivity (Wildman–Crippen MR) is 78.1 cm³/mol. The molecular formula is C12H21BrN4O. The van der Waals surface area contributed by atoms with Gasteiger partial charge in [0.2, 0.25) is 5.95 Å². The van der Waals surface area contributed by atoms with Crippen molar-refractivity contribution in [3.8, 4) is 0 Å². The highest BCUT2D eigenvalue weighted by Gasteiger charge is 2.03. The third kappa shape index (κ3) is 5.64. The summed E-state index contributed by atoms with van der Waals surface area (Å²) in [6, 6.07) is 0. The molecule has 102 valence electrons. The Bertz CT molecular complexity index is 360. The summed E-state index contributed by atoms with van der Waals surface area (Å²) in [5, 5.41) is 6.20. The molecule has 1 aromatic heterocycles. The molecular weight excluding hydrogens is 296 g/mol. The summed E-state index contributed by atoms with van der Waals surface area (Å²) in [4.78, 5) is 8.43. The average molecular weight is 317 g/mol. The Kier molecular flexibility index (Phi) is 6.97. The minimum absolute atomic E-state index is 0.312. The molecule has 1 heterocycles. The quantitative estimate of drug-likeness (QED) is 0.722. The van der Waals surface area contributed by atoms with E-state index < -0.39 is 0 Å². The molecule has 0 atom stereocenters. The average Bonchev–Trinajstić information content (AvgIpc) is 2.35. The lowest BCUT2D eigenvalue weighted by atomic mass is 10.3. The summed E-state index contributed by atoms with van der Waals surface area (Å²) in [7, 11) is 1.80. The Balaban J connectivity index is 2.26. The Morgan fingerprint density at radius 2 is 2.17 bits per heavy atom. The molecule has 1 aromatic rings. The summed E-state index contributed by atoms with van der Waals surface area (Å²) in [5.74, 6) is 1.43. The third-order valence-corrected chi connectivity index (χ3v) is 2.86. The van der Waals surface area contributed by atoms with Gasteiger partial charge in [-0.25, -0.2) is 4.98 Å². The van der Waals surface area contributed by atoms with E-state index in [1.165, 1.54) is 0 Å². The summed E-state index contributed by atoms with van der Waals surface area (Å²) in [5.41, 5.74) is 0.